The molecule has 0 amide bonds. The molecule has 0 atom stereocenters. The molecule has 7 heteroatoms. The normalized spacial score (nSPS) is 11.9. The zero-order valence-electron chi connectivity index (χ0n) is 12.5. The summed E-state index contributed by atoms with van der Waals surface area (Å²) in [5, 5.41) is 3.18. The fourth-order valence-electron chi connectivity index (χ4n) is 1.76. The van der Waals surface area contributed by atoms with Crippen molar-refractivity contribution in [1.29, 1.82) is 0 Å². The maximum atomic E-state index is 12.1. The molecule has 0 saturated heterocycles. The van der Waals surface area contributed by atoms with Crippen molar-refractivity contribution in [2.45, 2.75) is 31.7 Å². The lowest BCUT2D eigenvalue weighted by molar-refractivity contribution is 0.146. The van der Waals surface area contributed by atoms with E-state index in [-0.39, 0.29) is 0 Å². The monoisotopic (exact) mass is 303 g/mol. The van der Waals surface area contributed by atoms with Crippen LogP contribution >= 0.6 is 0 Å². The molecule has 0 fully saturated rings. The number of sulfonamides is 1. The number of rotatable bonds is 10. The second kappa shape index (κ2) is 8.41. The van der Waals surface area contributed by atoms with Crippen LogP contribution in [0.5, 0.6) is 0 Å². The van der Waals surface area contributed by atoms with Gasteiger partial charge in [0.15, 0.2) is 0 Å². The van der Waals surface area contributed by atoms with Crippen molar-refractivity contribution in [3.8, 4) is 0 Å². The van der Waals surface area contributed by atoms with E-state index in [0.29, 0.717) is 37.6 Å². The van der Waals surface area contributed by atoms with Crippen molar-refractivity contribution in [3.05, 3.63) is 18.0 Å². The van der Waals surface area contributed by atoms with Crippen molar-refractivity contribution in [2.75, 3.05) is 26.3 Å². The smallest absolute Gasteiger partial charge is 0.242 e. The quantitative estimate of drug-likeness (QED) is 0.628. The van der Waals surface area contributed by atoms with E-state index < -0.39 is 10.0 Å². The van der Waals surface area contributed by atoms with Gasteiger partial charge in [-0.2, -0.15) is 0 Å². The summed E-state index contributed by atoms with van der Waals surface area (Å²) in [6, 6.07) is 1.70. The van der Waals surface area contributed by atoms with Crippen molar-refractivity contribution >= 4 is 10.0 Å². The Morgan fingerprint density at radius 2 is 2.10 bits per heavy atom. The lowest BCUT2D eigenvalue weighted by Gasteiger charge is -2.04. The molecule has 0 aromatic carbocycles. The molecular formula is C13H25N3O3S. The summed E-state index contributed by atoms with van der Waals surface area (Å²) in [4.78, 5) is 0.310. The van der Waals surface area contributed by atoms with Gasteiger partial charge in [-0.1, -0.05) is 6.92 Å². The van der Waals surface area contributed by atoms with E-state index in [1.807, 2.05) is 25.5 Å². The van der Waals surface area contributed by atoms with Crippen LogP contribution in [0.2, 0.25) is 0 Å². The van der Waals surface area contributed by atoms with E-state index in [1.165, 1.54) is 0 Å². The molecule has 1 rings (SSSR count). The van der Waals surface area contributed by atoms with Crippen LogP contribution in [0.3, 0.4) is 0 Å². The molecule has 0 unspecified atom stereocenters. The van der Waals surface area contributed by atoms with Gasteiger partial charge in [-0.05, 0) is 26.0 Å². The largest absolute Gasteiger partial charge is 0.382 e. The van der Waals surface area contributed by atoms with E-state index in [2.05, 4.69) is 10.0 Å². The minimum absolute atomic E-state index is 0.310. The zero-order valence-corrected chi connectivity index (χ0v) is 13.3. The highest BCUT2D eigenvalue weighted by molar-refractivity contribution is 7.89. The number of aryl methyl sites for hydroxylation is 1. The van der Waals surface area contributed by atoms with Gasteiger partial charge in [0.1, 0.15) is 0 Å². The first-order valence-electron chi connectivity index (χ1n) is 6.94. The van der Waals surface area contributed by atoms with Crippen LogP contribution in [0.25, 0.3) is 0 Å². The third-order valence-electron chi connectivity index (χ3n) is 2.91. The first-order valence-corrected chi connectivity index (χ1v) is 8.43. The Hall–Kier alpha value is -0.890. The highest BCUT2D eigenvalue weighted by Crippen LogP contribution is 2.13. The predicted molar refractivity (Wildman–Crippen MR) is 79.1 cm³/mol. The average molecular weight is 303 g/mol. The maximum Gasteiger partial charge on any atom is 0.242 e. The Balaban J connectivity index is 2.58. The van der Waals surface area contributed by atoms with E-state index >= 15 is 0 Å². The molecule has 1 heterocycles. The van der Waals surface area contributed by atoms with Crippen LogP contribution in [0.1, 0.15) is 26.0 Å². The van der Waals surface area contributed by atoms with Gasteiger partial charge >= 0.3 is 0 Å². The molecule has 0 saturated carbocycles. The van der Waals surface area contributed by atoms with Crippen LogP contribution in [0, 0.1) is 0 Å². The molecule has 20 heavy (non-hydrogen) atoms. The van der Waals surface area contributed by atoms with Crippen LogP contribution in [-0.4, -0.2) is 39.3 Å². The zero-order chi connectivity index (χ0) is 15.0. The van der Waals surface area contributed by atoms with E-state index in [9.17, 15) is 8.42 Å². The topological polar surface area (TPSA) is 72.4 Å². The number of aromatic nitrogens is 1. The number of hydrogen-bond donors (Lipinski definition) is 2. The summed E-state index contributed by atoms with van der Waals surface area (Å²) in [6.45, 7) is 7.05. The van der Waals surface area contributed by atoms with Gasteiger partial charge in [0.25, 0.3) is 0 Å². The fraction of sp³-hybridized carbons (Fsp3) is 0.692. The van der Waals surface area contributed by atoms with Crippen molar-refractivity contribution in [3.63, 3.8) is 0 Å². The first kappa shape index (κ1) is 17.2. The summed E-state index contributed by atoms with van der Waals surface area (Å²) in [5.74, 6) is 0. The molecule has 0 spiro atoms. The minimum Gasteiger partial charge on any atom is -0.382 e. The molecule has 0 aliphatic rings. The highest BCUT2D eigenvalue weighted by Gasteiger charge is 2.16. The Morgan fingerprint density at radius 3 is 2.75 bits per heavy atom. The van der Waals surface area contributed by atoms with E-state index in [4.69, 9.17) is 4.74 Å². The molecule has 1 aromatic rings. The predicted octanol–water partition coefficient (Wildman–Crippen LogP) is 0.840. The second-order valence-corrected chi connectivity index (χ2v) is 6.27. The molecule has 0 aliphatic heterocycles. The summed E-state index contributed by atoms with van der Waals surface area (Å²) in [6.07, 6.45) is 2.31. The lowest BCUT2D eigenvalue weighted by atomic mass is 10.4. The lowest BCUT2D eigenvalue weighted by Crippen LogP contribution is -2.25. The molecule has 0 radical (unpaired) electrons. The van der Waals surface area contributed by atoms with Crippen molar-refractivity contribution in [2.24, 2.45) is 7.05 Å². The Bertz CT molecular complexity index is 497. The number of nitrogens with zero attached hydrogens (tertiary/aromatic N) is 1. The minimum atomic E-state index is -3.43. The van der Waals surface area contributed by atoms with Gasteiger partial charge in [0, 0.05) is 45.2 Å². The third-order valence-corrected chi connectivity index (χ3v) is 4.34. The standard InChI is InChI=1S/C13H25N3O3S/c1-4-14-10-12-9-13(11-16(12)3)20(17,18)15-7-6-8-19-5-2/h9,11,14-15H,4-8,10H2,1-3H3. The van der Waals surface area contributed by atoms with Gasteiger partial charge in [-0.15, -0.1) is 0 Å². The number of ether oxygens (including phenoxy) is 1. The number of nitrogens with one attached hydrogen (secondary N) is 2. The van der Waals surface area contributed by atoms with Gasteiger partial charge in [0.05, 0.1) is 4.90 Å². The molecule has 0 bridgehead atoms. The fourth-order valence-corrected chi connectivity index (χ4v) is 2.93. The van der Waals surface area contributed by atoms with Gasteiger partial charge in [0.2, 0.25) is 10.0 Å². The van der Waals surface area contributed by atoms with Gasteiger partial charge in [-0.25, -0.2) is 13.1 Å². The molecule has 1 aromatic heterocycles. The molecular weight excluding hydrogens is 278 g/mol. The van der Waals surface area contributed by atoms with E-state index in [1.54, 1.807) is 12.3 Å². The molecule has 116 valence electrons. The van der Waals surface area contributed by atoms with Crippen LogP contribution in [-0.2, 0) is 28.4 Å². The van der Waals surface area contributed by atoms with Crippen LogP contribution in [0.15, 0.2) is 17.2 Å². The molecule has 6 nitrogen and oxygen atoms in total. The maximum absolute atomic E-state index is 12.1. The average Bonchev–Trinajstić information content (AvgIpc) is 2.78. The van der Waals surface area contributed by atoms with Crippen LogP contribution in [0.4, 0.5) is 0 Å². The Labute approximate surface area is 121 Å². The van der Waals surface area contributed by atoms with E-state index in [0.717, 1.165) is 12.2 Å². The van der Waals surface area contributed by atoms with Crippen molar-refractivity contribution in [1.82, 2.24) is 14.6 Å². The number of hydrogen-bond acceptors (Lipinski definition) is 4. The molecule has 2 N–H and O–H groups in total. The second-order valence-electron chi connectivity index (χ2n) is 4.51. The Kier molecular flexibility index (Phi) is 7.22. The van der Waals surface area contributed by atoms with Gasteiger partial charge in [-0.3, -0.25) is 0 Å². The SMILES string of the molecule is CCNCc1cc(S(=O)(=O)NCCCOCC)cn1C. The summed E-state index contributed by atoms with van der Waals surface area (Å²) in [7, 11) is -1.58. The summed E-state index contributed by atoms with van der Waals surface area (Å²) < 4.78 is 33.8. The first-order chi connectivity index (χ1) is 9.51. The van der Waals surface area contributed by atoms with Crippen LogP contribution < -0.4 is 10.0 Å². The third kappa shape index (κ3) is 5.24. The summed E-state index contributed by atoms with van der Waals surface area (Å²) in [5.41, 5.74) is 0.946. The van der Waals surface area contributed by atoms with Gasteiger partial charge < -0.3 is 14.6 Å². The van der Waals surface area contributed by atoms with Crippen molar-refractivity contribution < 1.29 is 13.2 Å². The molecule has 0 aliphatic carbocycles. The summed E-state index contributed by atoms with van der Waals surface area (Å²) >= 11 is 0. The highest BCUT2D eigenvalue weighted by atomic mass is 32.2. The Morgan fingerprint density at radius 1 is 1.35 bits per heavy atom.